The van der Waals surface area contributed by atoms with Crippen LogP contribution in [-0.2, 0) is 0 Å². The lowest BCUT2D eigenvalue weighted by molar-refractivity contribution is 0.121. The summed E-state index contributed by atoms with van der Waals surface area (Å²) in [6.45, 7) is 11.5. The Bertz CT molecular complexity index is 511. The summed E-state index contributed by atoms with van der Waals surface area (Å²) in [5, 5.41) is 10.3. The number of benzene rings is 1. The van der Waals surface area contributed by atoms with Crippen molar-refractivity contribution in [3.63, 3.8) is 0 Å². The van der Waals surface area contributed by atoms with Gasteiger partial charge in [-0.3, -0.25) is 0 Å². The van der Waals surface area contributed by atoms with E-state index in [1.807, 2.05) is 6.07 Å². The van der Waals surface area contributed by atoms with Crippen LogP contribution in [0.5, 0.6) is 5.75 Å². The first-order valence-electron chi connectivity index (χ1n) is 7.62. The van der Waals surface area contributed by atoms with Crippen molar-refractivity contribution in [1.29, 1.82) is 0 Å². The van der Waals surface area contributed by atoms with Gasteiger partial charge in [-0.1, -0.05) is 26.8 Å². The van der Waals surface area contributed by atoms with E-state index in [2.05, 4.69) is 40.7 Å². The molecule has 1 heteroatoms. The smallest absolute Gasteiger partial charge is 0.119 e. The monoisotopic (exact) mass is 258 g/mol. The molecule has 4 atom stereocenters. The summed E-state index contributed by atoms with van der Waals surface area (Å²) in [6.07, 6.45) is 2.61. The van der Waals surface area contributed by atoms with Crippen molar-refractivity contribution in [2.45, 2.75) is 53.4 Å². The molecule has 0 aromatic heterocycles. The van der Waals surface area contributed by atoms with Crippen LogP contribution in [0.1, 0.15) is 56.2 Å². The summed E-state index contributed by atoms with van der Waals surface area (Å²) in [7, 11) is 0. The van der Waals surface area contributed by atoms with Gasteiger partial charge in [-0.25, -0.2) is 0 Å². The van der Waals surface area contributed by atoms with Gasteiger partial charge in [-0.15, -0.1) is 0 Å². The maximum atomic E-state index is 10.3. The first-order chi connectivity index (χ1) is 8.82. The maximum Gasteiger partial charge on any atom is 0.119 e. The summed E-state index contributed by atoms with van der Waals surface area (Å²) in [4.78, 5) is 0. The minimum absolute atomic E-state index is 0.483. The lowest BCUT2D eigenvalue weighted by atomic mass is 9.65. The fraction of sp³-hybridized carbons (Fsp3) is 0.667. The van der Waals surface area contributed by atoms with E-state index in [-0.39, 0.29) is 0 Å². The molecular weight excluding hydrogens is 232 g/mol. The molecule has 2 aliphatic carbocycles. The van der Waals surface area contributed by atoms with Gasteiger partial charge in [0.1, 0.15) is 5.75 Å². The second-order valence-corrected chi connectivity index (χ2v) is 7.54. The van der Waals surface area contributed by atoms with Gasteiger partial charge in [0, 0.05) is 0 Å². The van der Waals surface area contributed by atoms with Crippen LogP contribution in [0.15, 0.2) is 12.1 Å². The average Bonchev–Trinajstić information content (AvgIpc) is 2.84. The molecule has 0 saturated heterocycles. The van der Waals surface area contributed by atoms with Gasteiger partial charge in [0.25, 0.3) is 0 Å². The molecule has 0 unspecified atom stereocenters. The van der Waals surface area contributed by atoms with E-state index < -0.39 is 0 Å². The third kappa shape index (κ3) is 1.74. The molecule has 19 heavy (non-hydrogen) atoms. The fourth-order valence-electron chi connectivity index (χ4n) is 4.63. The maximum absolute atomic E-state index is 10.3. The number of aryl methyl sites for hydroxylation is 2. The molecule has 0 aliphatic heterocycles. The van der Waals surface area contributed by atoms with E-state index in [9.17, 15) is 5.11 Å². The molecule has 0 heterocycles. The number of aromatic hydroxyl groups is 1. The number of fused-ring (bicyclic) bond motifs is 2. The van der Waals surface area contributed by atoms with Gasteiger partial charge < -0.3 is 5.11 Å². The molecule has 0 amide bonds. The molecule has 2 aliphatic rings. The Morgan fingerprint density at radius 1 is 1.11 bits per heavy atom. The number of hydrogen-bond donors (Lipinski definition) is 1. The first kappa shape index (κ1) is 13.0. The van der Waals surface area contributed by atoms with Crippen molar-refractivity contribution in [3.05, 3.63) is 28.8 Å². The zero-order valence-electron chi connectivity index (χ0n) is 12.8. The Hall–Kier alpha value is -0.980. The van der Waals surface area contributed by atoms with Gasteiger partial charge in [0.05, 0.1) is 0 Å². The normalized spacial score (nSPS) is 35.8. The van der Waals surface area contributed by atoms with E-state index in [0.29, 0.717) is 17.1 Å². The molecule has 2 bridgehead atoms. The Morgan fingerprint density at radius 3 is 2.32 bits per heavy atom. The lowest BCUT2D eigenvalue weighted by Crippen LogP contribution is -2.32. The van der Waals surface area contributed by atoms with E-state index in [4.69, 9.17) is 0 Å². The molecule has 1 nitrogen and oxygen atoms in total. The molecule has 1 aromatic rings. The van der Waals surface area contributed by atoms with Crippen molar-refractivity contribution >= 4 is 0 Å². The number of hydrogen-bond acceptors (Lipinski definition) is 1. The highest BCUT2D eigenvalue weighted by molar-refractivity contribution is 5.44. The number of phenolic OH excluding ortho intramolecular Hbond substituents is 1. The highest BCUT2D eigenvalue weighted by Gasteiger charge is 2.55. The minimum Gasteiger partial charge on any atom is -0.508 e. The fourth-order valence-corrected chi connectivity index (χ4v) is 4.63. The van der Waals surface area contributed by atoms with Crippen LogP contribution in [0.4, 0.5) is 0 Å². The van der Waals surface area contributed by atoms with E-state index in [1.54, 1.807) is 0 Å². The van der Waals surface area contributed by atoms with Crippen molar-refractivity contribution in [2.75, 3.05) is 0 Å². The summed E-state index contributed by atoms with van der Waals surface area (Å²) in [5.41, 5.74) is 4.19. The van der Waals surface area contributed by atoms with Crippen LogP contribution in [0.25, 0.3) is 0 Å². The Morgan fingerprint density at radius 2 is 1.74 bits per heavy atom. The van der Waals surface area contributed by atoms with Gasteiger partial charge >= 0.3 is 0 Å². The zero-order valence-corrected chi connectivity index (χ0v) is 12.8. The van der Waals surface area contributed by atoms with Crippen molar-refractivity contribution in [1.82, 2.24) is 0 Å². The molecule has 2 saturated carbocycles. The average molecular weight is 258 g/mol. The van der Waals surface area contributed by atoms with Crippen LogP contribution >= 0.6 is 0 Å². The van der Waals surface area contributed by atoms with Gasteiger partial charge in [0.15, 0.2) is 0 Å². The third-order valence-electron chi connectivity index (χ3n) is 6.52. The molecule has 104 valence electrons. The second-order valence-electron chi connectivity index (χ2n) is 7.54. The van der Waals surface area contributed by atoms with E-state index in [0.717, 1.165) is 17.8 Å². The minimum atomic E-state index is 0.483. The quantitative estimate of drug-likeness (QED) is 0.767. The molecule has 1 N–H and O–H groups in total. The van der Waals surface area contributed by atoms with Crippen molar-refractivity contribution in [3.8, 4) is 5.75 Å². The van der Waals surface area contributed by atoms with Gasteiger partial charge in [-0.2, -0.15) is 0 Å². The largest absolute Gasteiger partial charge is 0.508 e. The van der Waals surface area contributed by atoms with Crippen molar-refractivity contribution in [2.24, 2.45) is 23.2 Å². The Balaban J connectivity index is 1.97. The summed E-state index contributed by atoms with van der Waals surface area (Å²) >= 11 is 0. The summed E-state index contributed by atoms with van der Waals surface area (Å²) in [6, 6.07) is 4.18. The standard InChI is InChI=1S/C18H26O/c1-10-6-16(17(19)7-11(10)2)15-9-13-8-14(15)12(3)18(13,4)5/h6-7,12-15,19H,8-9H2,1-5H3/t12-,13+,14+,15-/m1/s1. The molecule has 0 radical (unpaired) electrons. The van der Waals surface area contributed by atoms with E-state index >= 15 is 0 Å². The predicted octanol–water partition coefficient (Wildman–Crippen LogP) is 4.79. The lowest BCUT2D eigenvalue weighted by Gasteiger charge is -2.40. The highest BCUT2D eigenvalue weighted by atomic mass is 16.3. The van der Waals surface area contributed by atoms with Crippen LogP contribution < -0.4 is 0 Å². The topological polar surface area (TPSA) is 20.2 Å². The predicted molar refractivity (Wildman–Crippen MR) is 79.5 cm³/mol. The molecule has 0 spiro atoms. The SMILES string of the molecule is Cc1cc(O)c([C@@H]2C[C@@H]3C[C@H]2[C@@H](C)C3(C)C)cc1C. The molecule has 1 aromatic carbocycles. The van der Waals surface area contributed by atoms with Crippen LogP contribution in [0.2, 0.25) is 0 Å². The highest BCUT2D eigenvalue weighted by Crippen LogP contribution is 2.64. The van der Waals surface area contributed by atoms with Crippen LogP contribution in [0.3, 0.4) is 0 Å². The first-order valence-corrected chi connectivity index (χ1v) is 7.62. The summed E-state index contributed by atoms with van der Waals surface area (Å²) in [5.74, 6) is 3.45. The molecular formula is C18H26O. The number of phenols is 1. The zero-order chi connectivity index (χ0) is 13.9. The second kappa shape index (κ2) is 4.01. The van der Waals surface area contributed by atoms with Gasteiger partial charge in [-0.05, 0) is 78.5 Å². The van der Waals surface area contributed by atoms with Crippen molar-refractivity contribution < 1.29 is 5.11 Å². The van der Waals surface area contributed by atoms with Crippen LogP contribution in [0, 0.1) is 37.0 Å². The summed E-state index contributed by atoms with van der Waals surface area (Å²) < 4.78 is 0. The van der Waals surface area contributed by atoms with Crippen LogP contribution in [-0.4, -0.2) is 5.11 Å². The Kier molecular flexibility index (Phi) is 2.75. The third-order valence-corrected chi connectivity index (χ3v) is 6.52. The van der Waals surface area contributed by atoms with Gasteiger partial charge in [0.2, 0.25) is 0 Å². The molecule has 3 rings (SSSR count). The number of rotatable bonds is 1. The Labute approximate surface area is 117 Å². The molecule has 2 fully saturated rings. The van der Waals surface area contributed by atoms with E-state index in [1.165, 1.54) is 29.5 Å².